The summed E-state index contributed by atoms with van der Waals surface area (Å²) in [4.78, 5) is 2.10. The largest absolute Gasteiger partial charge is 0.508 e. The number of allylic oxidation sites excluding steroid dienone is 2. The monoisotopic (exact) mass is 318 g/mol. The van der Waals surface area contributed by atoms with Gasteiger partial charge >= 0.3 is 0 Å². The molecule has 0 aliphatic rings. The molecule has 0 unspecified atom stereocenters. The van der Waals surface area contributed by atoms with E-state index in [0.29, 0.717) is 18.1 Å². The maximum Gasteiger partial charge on any atom is 0.120 e. The van der Waals surface area contributed by atoms with Gasteiger partial charge in [-0.1, -0.05) is 51.3 Å². The maximum absolute atomic E-state index is 9.71. The van der Waals surface area contributed by atoms with Crippen LogP contribution in [0.1, 0.15) is 45.2 Å². The van der Waals surface area contributed by atoms with Gasteiger partial charge in [-0.15, -0.1) is 0 Å². The van der Waals surface area contributed by atoms with E-state index in [9.17, 15) is 5.11 Å². The summed E-state index contributed by atoms with van der Waals surface area (Å²) in [5.74, 6) is 1.27. The SMILES string of the molecule is C=C(O)c1cc(OC[C@H](C)CC)cc(C(=C)S/C(C)=C\C)c1. The van der Waals surface area contributed by atoms with Crippen molar-refractivity contribution in [2.75, 3.05) is 6.61 Å². The van der Waals surface area contributed by atoms with Crippen LogP contribution in [0.2, 0.25) is 0 Å². The van der Waals surface area contributed by atoms with Gasteiger partial charge in [0.2, 0.25) is 0 Å². The predicted molar refractivity (Wildman–Crippen MR) is 99.1 cm³/mol. The number of hydrogen-bond donors (Lipinski definition) is 1. The van der Waals surface area contributed by atoms with Crippen molar-refractivity contribution in [2.45, 2.75) is 34.1 Å². The highest BCUT2D eigenvalue weighted by atomic mass is 32.2. The van der Waals surface area contributed by atoms with Crippen molar-refractivity contribution < 1.29 is 9.84 Å². The summed E-state index contributed by atoms with van der Waals surface area (Å²) in [5, 5.41) is 9.71. The molecule has 0 radical (unpaired) electrons. The number of rotatable bonds is 8. The molecule has 0 aliphatic heterocycles. The van der Waals surface area contributed by atoms with Gasteiger partial charge in [0.1, 0.15) is 11.5 Å². The Hall–Kier alpha value is -1.61. The molecular formula is C19H26O2S. The minimum Gasteiger partial charge on any atom is -0.508 e. The minimum absolute atomic E-state index is 0.0378. The third kappa shape index (κ3) is 5.64. The maximum atomic E-state index is 9.71. The van der Waals surface area contributed by atoms with Gasteiger partial charge in [0, 0.05) is 10.5 Å². The molecule has 0 spiro atoms. The highest BCUT2D eigenvalue weighted by Gasteiger charge is 2.09. The highest BCUT2D eigenvalue weighted by Crippen LogP contribution is 2.34. The lowest BCUT2D eigenvalue weighted by Crippen LogP contribution is -2.07. The molecule has 0 aromatic heterocycles. The quantitative estimate of drug-likeness (QED) is 0.573. The Morgan fingerprint density at radius 1 is 1.32 bits per heavy atom. The second kappa shape index (κ2) is 8.74. The molecule has 1 rings (SSSR count). The van der Waals surface area contributed by atoms with Crippen molar-refractivity contribution in [1.82, 2.24) is 0 Å². The number of benzene rings is 1. The summed E-state index contributed by atoms with van der Waals surface area (Å²) in [5.41, 5.74) is 1.61. The molecule has 0 fully saturated rings. The first-order valence-electron chi connectivity index (χ1n) is 7.53. The van der Waals surface area contributed by atoms with E-state index in [-0.39, 0.29) is 5.76 Å². The minimum atomic E-state index is 0.0378. The summed E-state index contributed by atoms with van der Waals surface area (Å²) in [6.45, 7) is 16.7. The van der Waals surface area contributed by atoms with Gasteiger partial charge in [-0.2, -0.15) is 0 Å². The zero-order valence-corrected chi connectivity index (χ0v) is 14.8. The number of hydrogen-bond acceptors (Lipinski definition) is 3. The molecule has 120 valence electrons. The van der Waals surface area contributed by atoms with E-state index < -0.39 is 0 Å². The van der Waals surface area contributed by atoms with Crippen LogP contribution < -0.4 is 4.74 Å². The van der Waals surface area contributed by atoms with Crippen molar-refractivity contribution in [2.24, 2.45) is 5.92 Å². The summed E-state index contributed by atoms with van der Waals surface area (Å²) in [6.07, 6.45) is 3.12. The number of thioether (sulfide) groups is 1. The normalized spacial score (nSPS) is 12.8. The standard InChI is InChI=1S/C19H26O2S/c1-7-13(3)12-21-19-10-17(15(5)20)9-18(11-19)16(6)22-14(4)8-2/h8-11,13,20H,5-7,12H2,1-4H3/b14-8-/t13-/m1/s1. The van der Waals surface area contributed by atoms with Crippen LogP contribution in [0.25, 0.3) is 10.7 Å². The van der Waals surface area contributed by atoms with E-state index in [2.05, 4.69) is 27.0 Å². The van der Waals surface area contributed by atoms with Crippen molar-refractivity contribution in [3.8, 4) is 5.75 Å². The Labute approximate surface area is 138 Å². The first-order valence-corrected chi connectivity index (χ1v) is 8.35. The van der Waals surface area contributed by atoms with Crippen molar-refractivity contribution in [1.29, 1.82) is 0 Å². The van der Waals surface area contributed by atoms with Crippen LogP contribution in [-0.4, -0.2) is 11.7 Å². The van der Waals surface area contributed by atoms with Crippen molar-refractivity contribution >= 4 is 22.4 Å². The van der Waals surface area contributed by atoms with E-state index in [0.717, 1.165) is 22.6 Å². The fourth-order valence-corrected chi connectivity index (χ4v) is 2.42. The van der Waals surface area contributed by atoms with Gasteiger partial charge < -0.3 is 9.84 Å². The molecule has 1 atom stereocenters. The average Bonchev–Trinajstić information content (AvgIpc) is 2.51. The fraction of sp³-hybridized carbons (Fsp3) is 0.368. The summed E-state index contributed by atoms with van der Waals surface area (Å²) >= 11 is 1.61. The molecule has 1 N–H and O–H groups in total. The Balaban J connectivity index is 3.03. The van der Waals surface area contributed by atoms with Gasteiger partial charge in [-0.3, -0.25) is 0 Å². The molecular weight excluding hydrogens is 292 g/mol. The fourth-order valence-electron chi connectivity index (χ4n) is 1.68. The Morgan fingerprint density at radius 3 is 2.50 bits per heavy atom. The van der Waals surface area contributed by atoms with Crippen LogP contribution in [0.5, 0.6) is 5.75 Å². The van der Waals surface area contributed by atoms with Crippen LogP contribution >= 0.6 is 11.8 Å². The smallest absolute Gasteiger partial charge is 0.120 e. The van der Waals surface area contributed by atoms with Crippen LogP contribution in [0.15, 0.2) is 42.3 Å². The molecule has 0 saturated carbocycles. The van der Waals surface area contributed by atoms with Gasteiger partial charge in [-0.25, -0.2) is 0 Å². The summed E-state index contributed by atoms with van der Waals surface area (Å²) in [6, 6.07) is 5.67. The molecule has 0 aliphatic carbocycles. The zero-order valence-electron chi connectivity index (χ0n) is 14.0. The van der Waals surface area contributed by atoms with Gasteiger partial charge in [0.25, 0.3) is 0 Å². The van der Waals surface area contributed by atoms with Gasteiger partial charge in [-0.05, 0) is 48.4 Å². The first kappa shape index (κ1) is 18.4. The van der Waals surface area contributed by atoms with Crippen LogP contribution in [0.3, 0.4) is 0 Å². The zero-order chi connectivity index (χ0) is 16.7. The molecule has 3 heteroatoms. The summed E-state index contributed by atoms with van der Waals surface area (Å²) in [7, 11) is 0. The molecule has 2 nitrogen and oxygen atoms in total. The van der Waals surface area contributed by atoms with E-state index >= 15 is 0 Å². The van der Waals surface area contributed by atoms with Crippen molar-refractivity contribution in [3.05, 3.63) is 53.5 Å². The number of aliphatic hydroxyl groups excluding tert-OH is 1. The second-order valence-electron chi connectivity index (χ2n) is 5.44. The Morgan fingerprint density at radius 2 is 1.95 bits per heavy atom. The van der Waals surface area contributed by atoms with E-state index in [1.165, 1.54) is 4.91 Å². The van der Waals surface area contributed by atoms with E-state index in [4.69, 9.17) is 4.74 Å². The summed E-state index contributed by atoms with van der Waals surface area (Å²) < 4.78 is 5.85. The lowest BCUT2D eigenvalue weighted by Gasteiger charge is -2.14. The van der Waals surface area contributed by atoms with Crippen LogP contribution in [0, 0.1) is 5.92 Å². The average molecular weight is 318 g/mol. The molecule has 1 aromatic rings. The van der Waals surface area contributed by atoms with Gasteiger partial charge in [0.05, 0.1) is 6.61 Å². The predicted octanol–water partition coefficient (Wildman–Crippen LogP) is 6.27. The molecule has 0 bridgehead atoms. The third-order valence-electron chi connectivity index (χ3n) is 3.48. The number of aliphatic hydroxyl groups is 1. The first-order chi connectivity index (χ1) is 10.4. The molecule has 0 amide bonds. The highest BCUT2D eigenvalue weighted by molar-refractivity contribution is 8.11. The topological polar surface area (TPSA) is 29.5 Å². The molecule has 0 heterocycles. The van der Waals surface area contributed by atoms with Gasteiger partial charge in [0.15, 0.2) is 0 Å². The van der Waals surface area contributed by atoms with Crippen LogP contribution in [-0.2, 0) is 0 Å². The van der Waals surface area contributed by atoms with E-state index in [1.807, 2.05) is 38.1 Å². The molecule has 0 saturated heterocycles. The third-order valence-corrected chi connectivity index (χ3v) is 4.52. The molecule has 1 aromatic carbocycles. The Bertz CT molecular complexity index is 573. The van der Waals surface area contributed by atoms with Crippen LogP contribution in [0.4, 0.5) is 0 Å². The second-order valence-corrected chi connectivity index (χ2v) is 6.78. The van der Waals surface area contributed by atoms with Crippen molar-refractivity contribution in [3.63, 3.8) is 0 Å². The Kier molecular flexibility index (Phi) is 7.33. The lowest BCUT2D eigenvalue weighted by molar-refractivity contribution is 0.256. The van der Waals surface area contributed by atoms with E-state index in [1.54, 1.807) is 11.8 Å². The number of ether oxygens (including phenoxy) is 1. The molecule has 22 heavy (non-hydrogen) atoms. The lowest BCUT2D eigenvalue weighted by atomic mass is 10.1.